The quantitative estimate of drug-likeness (QED) is 0.844. The number of hydrogen-bond acceptors (Lipinski definition) is 2. The molecule has 0 aliphatic heterocycles. The number of rotatable bonds is 5. The first-order valence-corrected chi connectivity index (χ1v) is 7.46. The van der Waals surface area contributed by atoms with E-state index in [0.717, 1.165) is 17.7 Å². The van der Waals surface area contributed by atoms with E-state index in [0.29, 0.717) is 22.8 Å². The summed E-state index contributed by atoms with van der Waals surface area (Å²) in [5, 5.41) is 0.562. The maximum Gasteiger partial charge on any atom is 0.416 e. The summed E-state index contributed by atoms with van der Waals surface area (Å²) < 4.78 is 43.8. The monoisotopic (exact) mass is 343 g/mol. The average Bonchev–Trinajstić information content (AvgIpc) is 2.45. The van der Waals surface area contributed by atoms with Crippen molar-refractivity contribution in [1.82, 2.24) is 0 Å². The van der Waals surface area contributed by atoms with Gasteiger partial charge in [-0.25, -0.2) is 0 Å². The molecule has 2 N–H and O–H groups in total. The minimum Gasteiger partial charge on any atom is -0.489 e. The second kappa shape index (κ2) is 7.23. The number of hydrogen-bond donors (Lipinski definition) is 1. The Morgan fingerprint density at radius 3 is 2.57 bits per heavy atom. The molecule has 124 valence electrons. The molecule has 0 aromatic heterocycles. The van der Waals surface area contributed by atoms with Gasteiger partial charge >= 0.3 is 6.18 Å². The fourth-order valence-corrected chi connectivity index (χ4v) is 2.39. The number of nitrogens with two attached hydrogens (primary N) is 1. The van der Waals surface area contributed by atoms with E-state index in [1.165, 1.54) is 6.07 Å². The fraction of sp³-hybridized carbons (Fsp3) is 0.294. The molecule has 23 heavy (non-hydrogen) atoms. The van der Waals surface area contributed by atoms with E-state index in [9.17, 15) is 13.2 Å². The molecule has 2 aromatic carbocycles. The molecule has 0 bridgehead atoms. The lowest BCUT2D eigenvalue weighted by atomic mass is 10.1. The molecule has 1 unspecified atom stereocenters. The van der Waals surface area contributed by atoms with E-state index in [2.05, 4.69) is 0 Å². The molecular formula is C17H17ClF3NO. The standard InChI is InChI=1S/C17H17ClF3NO/c1-11(22)7-13-9-15(18)5-6-16(13)23-10-12-3-2-4-14(8-12)17(19,20)21/h2-6,8-9,11H,7,10,22H2,1H3. The normalized spacial score (nSPS) is 13.0. The Labute approximate surface area is 138 Å². The second-order valence-electron chi connectivity index (χ2n) is 5.42. The van der Waals surface area contributed by atoms with Gasteiger partial charge in [0.05, 0.1) is 5.56 Å². The van der Waals surface area contributed by atoms with Gasteiger partial charge < -0.3 is 10.5 Å². The van der Waals surface area contributed by atoms with Crippen LogP contribution in [0.5, 0.6) is 5.75 Å². The van der Waals surface area contributed by atoms with Gasteiger partial charge in [-0.1, -0.05) is 23.7 Å². The Kier molecular flexibility index (Phi) is 5.55. The molecule has 2 rings (SSSR count). The topological polar surface area (TPSA) is 35.2 Å². The average molecular weight is 344 g/mol. The van der Waals surface area contributed by atoms with Crippen molar-refractivity contribution >= 4 is 11.6 Å². The van der Waals surface area contributed by atoms with Crippen molar-refractivity contribution in [3.05, 3.63) is 64.2 Å². The Balaban J connectivity index is 2.15. The SMILES string of the molecule is CC(N)Cc1cc(Cl)ccc1OCc1cccc(C(F)(F)F)c1. The Hall–Kier alpha value is -1.72. The zero-order valence-corrected chi connectivity index (χ0v) is 13.3. The molecule has 0 aliphatic rings. The molecule has 0 heterocycles. The van der Waals surface area contributed by atoms with Crippen molar-refractivity contribution in [2.75, 3.05) is 0 Å². The van der Waals surface area contributed by atoms with Gasteiger partial charge in [0.25, 0.3) is 0 Å². The summed E-state index contributed by atoms with van der Waals surface area (Å²) in [5.41, 5.74) is 6.38. The van der Waals surface area contributed by atoms with Crippen LogP contribution in [0.15, 0.2) is 42.5 Å². The highest BCUT2D eigenvalue weighted by Gasteiger charge is 2.30. The first-order valence-electron chi connectivity index (χ1n) is 7.08. The maximum absolute atomic E-state index is 12.7. The third-order valence-corrected chi connectivity index (χ3v) is 3.45. The largest absolute Gasteiger partial charge is 0.489 e. The van der Waals surface area contributed by atoms with E-state index < -0.39 is 11.7 Å². The lowest BCUT2D eigenvalue weighted by Crippen LogP contribution is -2.18. The van der Waals surface area contributed by atoms with Gasteiger partial charge in [-0.05, 0) is 54.8 Å². The molecule has 0 radical (unpaired) electrons. The van der Waals surface area contributed by atoms with Crippen LogP contribution in [0.2, 0.25) is 5.02 Å². The van der Waals surface area contributed by atoms with E-state index in [4.69, 9.17) is 22.1 Å². The lowest BCUT2D eigenvalue weighted by Gasteiger charge is -2.14. The molecule has 6 heteroatoms. The predicted molar refractivity (Wildman–Crippen MR) is 84.6 cm³/mol. The summed E-state index contributed by atoms with van der Waals surface area (Å²) >= 11 is 5.97. The summed E-state index contributed by atoms with van der Waals surface area (Å²) in [6, 6.07) is 10.1. The molecule has 2 aromatic rings. The number of halogens is 4. The van der Waals surface area contributed by atoms with E-state index >= 15 is 0 Å². The highest BCUT2D eigenvalue weighted by atomic mass is 35.5. The summed E-state index contributed by atoms with van der Waals surface area (Å²) in [6.07, 6.45) is -3.80. The van der Waals surface area contributed by atoms with Crippen molar-refractivity contribution in [1.29, 1.82) is 0 Å². The first kappa shape index (κ1) is 17.6. The molecular weight excluding hydrogens is 327 g/mol. The Morgan fingerprint density at radius 2 is 1.91 bits per heavy atom. The molecule has 0 aliphatic carbocycles. The van der Waals surface area contributed by atoms with Crippen LogP contribution >= 0.6 is 11.6 Å². The minimum absolute atomic E-state index is 0.0392. The third-order valence-electron chi connectivity index (χ3n) is 3.21. The van der Waals surface area contributed by atoms with Crippen LogP contribution in [-0.4, -0.2) is 6.04 Å². The number of ether oxygens (including phenoxy) is 1. The van der Waals surface area contributed by atoms with E-state index in [1.807, 2.05) is 6.92 Å². The van der Waals surface area contributed by atoms with Crippen molar-refractivity contribution in [2.45, 2.75) is 32.2 Å². The predicted octanol–water partition coefficient (Wildman–Crippen LogP) is 4.83. The number of benzene rings is 2. The summed E-state index contributed by atoms with van der Waals surface area (Å²) in [7, 11) is 0. The van der Waals surface area contributed by atoms with Crippen molar-refractivity contribution in [3.63, 3.8) is 0 Å². The van der Waals surface area contributed by atoms with Gasteiger partial charge in [-0.3, -0.25) is 0 Å². The lowest BCUT2D eigenvalue weighted by molar-refractivity contribution is -0.137. The van der Waals surface area contributed by atoms with Crippen molar-refractivity contribution in [2.24, 2.45) is 5.73 Å². The van der Waals surface area contributed by atoms with Gasteiger partial charge in [-0.15, -0.1) is 0 Å². The van der Waals surface area contributed by atoms with Crippen LogP contribution in [0.25, 0.3) is 0 Å². The zero-order chi connectivity index (χ0) is 17.0. The molecule has 2 nitrogen and oxygen atoms in total. The third kappa shape index (κ3) is 5.15. The van der Waals surface area contributed by atoms with E-state index in [1.54, 1.807) is 24.3 Å². The summed E-state index contributed by atoms with van der Waals surface area (Å²) in [4.78, 5) is 0. The molecule has 0 saturated heterocycles. The van der Waals surface area contributed by atoms with Crippen LogP contribution in [0.4, 0.5) is 13.2 Å². The van der Waals surface area contributed by atoms with Gasteiger partial charge in [-0.2, -0.15) is 13.2 Å². The first-order chi connectivity index (χ1) is 10.8. The van der Waals surface area contributed by atoms with Crippen molar-refractivity contribution in [3.8, 4) is 5.75 Å². The number of alkyl halides is 3. The van der Waals surface area contributed by atoms with Crippen molar-refractivity contribution < 1.29 is 17.9 Å². The molecule has 1 atom stereocenters. The van der Waals surface area contributed by atoms with Gasteiger partial charge in [0, 0.05) is 11.1 Å². The second-order valence-corrected chi connectivity index (χ2v) is 5.86. The van der Waals surface area contributed by atoms with E-state index in [-0.39, 0.29) is 12.6 Å². The molecule has 0 fully saturated rings. The van der Waals surface area contributed by atoms with Crippen LogP contribution in [-0.2, 0) is 19.2 Å². The van der Waals surface area contributed by atoms with Crippen LogP contribution in [0, 0.1) is 0 Å². The molecule has 0 saturated carbocycles. The highest BCUT2D eigenvalue weighted by molar-refractivity contribution is 6.30. The fourth-order valence-electron chi connectivity index (χ4n) is 2.19. The zero-order valence-electron chi connectivity index (χ0n) is 12.5. The van der Waals surface area contributed by atoms with Gasteiger partial charge in [0.1, 0.15) is 12.4 Å². The summed E-state index contributed by atoms with van der Waals surface area (Å²) in [5.74, 6) is 0.573. The van der Waals surface area contributed by atoms with Gasteiger partial charge in [0.2, 0.25) is 0 Å². The Morgan fingerprint density at radius 1 is 1.17 bits per heavy atom. The smallest absolute Gasteiger partial charge is 0.416 e. The van der Waals surface area contributed by atoms with Crippen LogP contribution in [0.1, 0.15) is 23.6 Å². The van der Waals surface area contributed by atoms with Crippen LogP contribution < -0.4 is 10.5 Å². The Bertz CT molecular complexity index is 671. The van der Waals surface area contributed by atoms with Crippen LogP contribution in [0.3, 0.4) is 0 Å². The minimum atomic E-state index is -4.36. The van der Waals surface area contributed by atoms with Gasteiger partial charge in [0.15, 0.2) is 0 Å². The highest BCUT2D eigenvalue weighted by Crippen LogP contribution is 2.30. The molecule has 0 spiro atoms. The summed E-state index contributed by atoms with van der Waals surface area (Å²) in [6.45, 7) is 1.90. The maximum atomic E-state index is 12.7. The molecule has 0 amide bonds.